The zero-order chi connectivity index (χ0) is 15.8. The number of rotatable bonds is 5. The summed E-state index contributed by atoms with van der Waals surface area (Å²) in [5.41, 5.74) is 0. The molecule has 3 N–H and O–H groups in total. The van der Waals surface area contributed by atoms with E-state index in [2.05, 4.69) is 34.8 Å². The fourth-order valence-corrected chi connectivity index (χ4v) is 2.86. The van der Waals surface area contributed by atoms with E-state index in [9.17, 15) is 4.79 Å². The summed E-state index contributed by atoms with van der Waals surface area (Å²) < 4.78 is 0. The summed E-state index contributed by atoms with van der Waals surface area (Å²) in [6.07, 6.45) is 4.92. The number of amides is 1. The quantitative estimate of drug-likeness (QED) is 0.361. The summed E-state index contributed by atoms with van der Waals surface area (Å²) in [7, 11) is 1.75. The first-order chi connectivity index (χ1) is 9.92. The van der Waals surface area contributed by atoms with Crippen molar-refractivity contribution in [1.82, 2.24) is 16.0 Å². The molecule has 0 atom stereocenters. The summed E-state index contributed by atoms with van der Waals surface area (Å²) in [5, 5.41) is 9.38. The number of nitrogens with one attached hydrogen (secondary N) is 3. The second-order valence-corrected chi connectivity index (χ2v) is 6.65. The maximum Gasteiger partial charge on any atom is 0.239 e. The molecule has 130 valence electrons. The molecule has 0 heterocycles. The van der Waals surface area contributed by atoms with E-state index in [1.54, 1.807) is 7.05 Å². The lowest BCUT2D eigenvalue weighted by Crippen LogP contribution is -2.48. The van der Waals surface area contributed by atoms with Crippen LogP contribution in [0.3, 0.4) is 0 Å². The Morgan fingerprint density at radius 1 is 1.14 bits per heavy atom. The monoisotopic (exact) mass is 424 g/mol. The van der Waals surface area contributed by atoms with Crippen LogP contribution in [-0.4, -0.2) is 37.5 Å². The third-order valence-electron chi connectivity index (χ3n) is 4.15. The van der Waals surface area contributed by atoms with Gasteiger partial charge in [0.05, 0.1) is 6.54 Å². The van der Waals surface area contributed by atoms with E-state index in [1.165, 1.54) is 25.7 Å². The van der Waals surface area contributed by atoms with Crippen molar-refractivity contribution in [3.05, 3.63) is 0 Å². The number of hydrogen-bond acceptors (Lipinski definition) is 2. The maximum atomic E-state index is 11.6. The Morgan fingerprint density at radius 3 is 2.18 bits per heavy atom. The smallest absolute Gasteiger partial charge is 0.239 e. The molecule has 22 heavy (non-hydrogen) atoms. The van der Waals surface area contributed by atoms with E-state index in [-0.39, 0.29) is 42.5 Å². The molecule has 0 bridgehead atoms. The van der Waals surface area contributed by atoms with Gasteiger partial charge >= 0.3 is 0 Å². The molecule has 6 heteroatoms. The van der Waals surface area contributed by atoms with Crippen LogP contribution in [0.2, 0.25) is 0 Å². The number of carbonyl (C=O) groups excluding carboxylic acids is 1. The van der Waals surface area contributed by atoms with Gasteiger partial charge in [-0.15, -0.1) is 24.0 Å². The topological polar surface area (TPSA) is 65.5 Å². The summed E-state index contributed by atoms with van der Waals surface area (Å²) in [6, 6.07) is 0.639. The molecule has 1 fully saturated rings. The number of guanidine groups is 1. The Kier molecular flexibility index (Phi) is 10.8. The predicted octanol–water partition coefficient (Wildman–Crippen LogP) is 2.51. The van der Waals surface area contributed by atoms with Crippen LogP contribution in [0.5, 0.6) is 0 Å². The van der Waals surface area contributed by atoms with Gasteiger partial charge in [-0.2, -0.15) is 0 Å². The van der Waals surface area contributed by atoms with E-state index < -0.39 is 0 Å². The van der Waals surface area contributed by atoms with Crippen LogP contribution in [0.4, 0.5) is 0 Å². The molecule has 1 saturated carbocycles. The summed E-state index contributed by atoms with van der Waals surface area (Å²) >= 11 is 0. The molecule has 0 aromatic heterocycles. The highest BCUT2D eigenvalue weighted by molar-refractivity contribution is 14.0. The van der Waals surface area contributed by atoms with Gasteiger partial charge in [0, 0.05) is 19.1 Å². The number of hydrogen-bond donors (Lipinski definition) is 3. The Labute approximate surface area is 152 Å². The number of nitrogens with zero attached hydrogens (tertiary/aromatic N) is 1. The van der Waals surface area contributed by atoms with Crippen molar-refractivity contribution in [2.75, 3.05) is 13.6 Å². The van der Waals surface area contributed by atoms with Gasteiger partial charge in [0.1, 0.15) is 0 Å². The van der Waals surface area contributed by atoms with Crippen LogP contribution < -0.4 is 16.0 Å². The number of halogens is 1. The lowest BCUT2D eigenvalue weighted by Gasteiger charge is -2.32. The molecule has 1 amide bonds. The van der Waals surface area contributed by atoms with Crippen molar-refractivity contribution in [3.8, 4) is 0 Å². The standard InChI is InChI=1S/C16H32N4O.HI/c1-11(2)13-6-8-14(9-7-13)20-16(17-5)18-10-15(21)19-12(3)4;/h11-14H,6-10H2,1-5H3,(H,19,21)(H2,17,18,20);1H. The van der Waals surface area contributed by atoms with Gasteiger partial charge in [-0.3, -0.25) is 9.79 Å². The van der Waals surface area contributed by atoms with Gasteiger partial charge in [0.2, 0.25) is 5.91 Å². The zero-order valence-electron chi connectivity index (χ0n) is 14.6. The minimum Gasteiger partial charge on any atom is -0.354 e. The molecule has 0 aromatic carbocycles. The third-order valence-corrected chi connectivity index (χ3v) is 4.15. The number of carbonyl (C=O) groups is 1. The van der Waals surface area contributed by atoms with Crippen LogP contribution in [0.25, 0.3) is 0 Å². The minimum atomic E-state index is -0.00327. The Hall–Kier alpha value is -0.530. The largest absolute Gasteiger partial charge is 0.354 e. The summed E-state index contributed by atoms with van der Waals surface area (Å²) in [4.78, 5) is 15.8. The Morgan fingerprint density at radius 2 is 1.73 bits per heavy atom. The third kappa shape index (κ3) is 8.19. The first-order valence-corrected chi connectivity index (χ1v) is 8.19. The van der Waals surface area contributed by atoms with Crippen molar-refractivity contribution >= 4 is 35.8 Å². The molecule has 0 saturated heterocycles. The van der Waals surface area contributed by atoms with Crippen LogP contribution in [0.15, 0.2) is 4.99 Å². The molecule has 0 aromatic rings. The van der Waals surface area contributed by atoms with Gasteiger partial charge < -0.3 is 16.0 Å². The molecule has 0 unspecified atom stereocenters. The van der Waals surface area contributed by atoms with E-state index in [1.807, 2.05) is 13.8 Å². The van der Waals surface area contributed by atoms with E-state index in [4.69, 9.17) is 0 Å². The fraction of sp³-hybridized carbons (Fsp3) is 0.875. The van der Waals surface area contributed by atoms with Gasteiger partial charge in [-0.25, -0.2) is 0 Å². The molecule has 1 aliphatic carbocycles. The zero-order valence-corrected chi connectivity index (χ0v) is 16.9. The second-order valence-electron chi connectivity index (χ2n) is 6.65. The lowest BCUT2D eigenvalue weighted by molar-refractivity contribution is -0.120. The van der Waals surface area contributed by atoms with Gasteiger partial charge in [-0.1, -0.05) is 13.8 Å². The predicted molar refractivity (Wildman–Crippen MR) is 104 cm³/mol. The first kappa shape index (κ1) is 21.5. The van der Waals surface area contributed by atoms with Gasteiger partial charge in [0.25, 0.3) is 0 Å². The normalized spacial score (nSPS) is 22.2. The molecule has 5 nitrogen and oxygen atoms in total. The molecular formula is C16H33IN4O. The highest BCUT2D eigenvalue weighted by Crippen LogP contribution is 2.29. The van der Waals surface area contributed by atoms with E-state index in [0.29, 0.717) is 6.04 Å². The molecular weight excluding hydrogens is 391 g/mol. The SMILES string of the molecule is CN=C(NCC(=O)NC(C)C)NC1CCC(C(C)C)CC1.I. The van der Waals surface area contributed by atoms with Crippen molar-refractivity contribution < 1.29 is 4.79 Å². The molecule has 1 aliphatic rings. The van der Waals surface area contributed by atoms with Crippen molar-refractivity contribution in [2.45, 2.75) is 65.5 Å². The van der Waals surface area contributed by atoms with Crippen LogP contribution in [0.1, 0.15) is 53.4 Å². The maximum absolute atomic E-state index is 11.6. The van der Waals surface area contributed by atoms with Crippen molar-refractivity contribution in [2.24, 2.45) is 16.8 Å². The van der Waals surface area contributed by atoms with Gasteiger partial charge in [-0.05, 0) is 51.4 Å². The highest BCUT2D eigenvalue weighted by Gasteiger charge is 2.23. The second kappa shape index (κ2) is 11.1. The molecule has 0 radical (unpaired) electrons. The summed E-state index contributed by atoms with van der Waals surface area (Å²) in [5.74, 6) is 2.36. The highest BCUT2D eigenvalue weighted by atomic mass is 127. The molecule has 0 spiro atoms. The van der Waals surface area contributed by atoms with Crippen molar-refractivity contribution in [1.29, 1.82) is 0 Å². The molecule has 1 rings (SSSR count). The minimum absolute atomic E-state index is 0. The number of aliphatic imine (C=N–C) groups is 1. The average molecular weight is 424 g/mol. The Bertz CT molecular complexity index is 350. The summed E-state index contributed by atoms with van der Waals surface area (Å²) in [6.45, 7) is 8.80. The molecule has 0 aliphatic heterocycles. The van der Waals surface area contributed by atoms with Gasteiger partial charge in [0.15, 0.2) is 5.96 Å². The lowest BCUT2D eigenvalue weighted by atomic mass is 9.80. The Balaban J connectivity index is 0.00000441. The first-order valence-electron chi connectivity index (χ1n) is 8.19. The van der Waals surface area contributed by atoms with Crippen LogP contribution >= 0.6 is 24.0 Å². The van der Waals surface area contributed by atoms with E-state index >= 15 is 0 Å². The van der Waals surface area contributed by atoms with E-state index in [0.717, 1.165) is 17.8 Å². The van der Waals surface area contributed by atoms with Crippen molar-refractivity contribution in [3.63, 3.8) is 0 Å². The fourth-order valence-electron chi connectivity index (χ4n) is 2.86. The van der Waals surface area contributed by atoms with Crippen LogP contribution in [0, 0.1) is 11.8 Å². The average Bonchev–Trinajstić information content (AvgIpc) is 2.43. The van der Waals surface area contributed by atoms with Crippen LogP contribution in [-0.2, 0) is 4.79 Å².